The van der Waals surface area contributed by atoms with Crippen molar-refractivity contribution in [2.24, 2.45) is 0 Å². The summed E-state index contributed by atoms with van der Waals surface area (Å²) in [6.07, 6.45) is 6.15. The number of aryl methyl sites for hydroxylation is 1. The zero-order valence-corrected chi connectivity index (χ0v) is 10.1. The molecule has 2 rings (SSSR count). The summed E-state index contributed by atoms with van der Waals surface area (Å²) in [4.78, 5) is 0. The fourth-order valence-electron chi connectivity index (χ4n) is 1.79. The van der Waals surface area contributed by atoms with Crippen LogP contribution in [0.15, 0.2) is 55.1 Å². The molecule has 2 aromatic carbocycles. The normalized spacial score (nSPS) is 10.6. The van der Waals surface area contributed by atoms with Crippen LogP contribution in [0.3, 0.4) is 0 Å². The molecular weight excluding hydrogens is 204 g/mol. The zero-order chi connectivity index (χ0) is 12.1. The molecule has 0 radical (unpaired) electrons. The van der Waals surface area contributed by atoms with Gasteiger partial charge in [-0.1, -0.05) is 73.3 Å². The van der Waals surface area contributed by atoms with E-state index in [9.17, 15) is 0 Å². The van der Waals surface area contributed by atoms with E-state index in [2.05, 4.69) is 56.0 Å². The Hall–Kier alpha value is -2.08. The Morgan fingerprint density at radius 3 is 2.24 bits per heavy atom. The third-order valence-electron chi connectivity index (χ3n) is 2.78. The second-order valence-corrected chi connectivity index (χ2v) is 4.06. The first kappa shape index (κ1) is 11.4. The molecule has 0 saturated heterocycles. The SMILES string of the molecule is C=Cc1ccc(/C=C/c2ccccc2)cc1C. The molecule has 0 aliphatic heterocycles. The smallest absolute Gasteiger partial charge is 0.0233 e. The highest BCUT2D eigenvalue weighted by Gasteiger charge is 1.94. The molecule has 0 spiro atoms. The molecular formula is C17H16. The molecule has 2 aromatic rings. The summed E-state index contributed by atoms with van der Waals surface area (Å²) in [5.74, 6) is 0. The van der Waals surface area contributed by atoms with Crippen molar-refractivity contribution in [3.63, 3.8) is 0 Å². The van der Waals surface area contributed by atoms with Crippen LogP contribution in [0.2, 0.25) is 0 Å². The molecule has 17 heavy (non-hydrogen) atoms. The van der Waals surface area contributed by atoms with Crippen LogP contribution in [0, 0.1) is 6.92 Å². The van der Waals surface area contributed by atoms with Gasteiger partial charge in [-0.2, -0.15) is 0 Å². The van der Waals surface area contributed by atoms with Crippen LogP contribution in [0.4, 0.5) is 0 Å². The fourth-order valence-corrected chi connectivity index (χ4v) is 1.79. The van der Waals surface area contributed by atoms with Crippen LogP contribution in [0.25, 0.3) is 18.2 Å². The second-order valence-electron chi connectivity index (χ2n) is 4.06. The molecule has 0 aliphatic carbocycles. The van der Waals surface area contributed by atoms with Crippen molar-refractivity contribution >= 4 is 18.2 Å². The van der Waals surface area contributed by atoms with Gasteiger partial charge in [0.15, 0.2) is 0 Å². The van der Waals surface area contributed by atoms with E-state index in [0.717, 1.165) is 0 Å². The van der Waals surface area contributed by atoms with Crippen molar-refractivity contribution in [2.75, 3.05) is 0 Å². The summed E-state index contributed by atoms with van der Waals surface area (Å²) in [6.45, 7) is 5.90. The number of rotatable bonds is 3. The molecule has 84 valence electrons. The Labute approximate surface area is 103 Å². The minimum atomic E-state index is 1.20. The highest BCUT2D eigenvalue weighted by molar-refractivity contribution is 5.70. The quantitative estimate of drug-likeness (QED) is 0.651. The maximum atomic E-state index is 3.80. The van der Waals surface area contributed by atoms with Gasteiger partial charge in [-0.3, -0.25) is 0 Å². The summed E-state index contributed by atoms with van der Waals surface area (Å²) in [7, 11) is 0. The summed E-state index contributed by atoms with van der Waals surface area (Å²) < 4.78 is 0. The minimum Gasteiger partial charge on any atom is -0.0985 e. The van der Waals surface area contributed by atoms with Crippen LogP contribution < -0.4 is 0 Å². The summed E-state index contributed by atoms with van der Waals surface area (Å²) >= 11 is 0. The van der Waals surface area contributed by atoms with Gasteiger partial charge in [-0.15, -0.1) is 0 Å². The van der Waals surface area contributed by atoms with Crippen LogP contribution >= 0.6 is 0 Å². The van der Waals surface area contributed by atoms with E-state index in [-0.39, 0.29) is 0 Å². The maximum absolute atomic E-state index is 3.80. The largest absolute Gasteiger partial charge is 0.0985 e. The standard InChI is InChI=1S/C17H16/c1-3-17-12-11-16(13-14(17)2)10-9-15-7-5-4-6-8-15/h3-13H,1H2,2H3/b10-9+. The van der Waals surface area contributed by atoms with Crippen LogP contribution in [-0.4, -0.2) is 0 Å². The van der Waals surface area contributed by atoms with Crippen LogP contribution in [0.1, 0.15) is 22.3 Å². The Kier molecular flexibility index (Phi) is 3.56. The molecule has 0 aromatic heterocycles. The van der Waals surface area contributed by atoms with Crippen molar-refractivity contribution in [3.8, 4) is 0 Å². The van der Waals surface area contributed by atoms with Gasteiger partial charge in [-0.05, 0) is 29.2 Å². The average Bonchev–Trinajstić information content (AvgIpc) is 2.38. The summed E-state index contributed by atoms with van der Waals surface area (Å²) in [6, 6.07) is 16.7. The zero-order valence-electron chi connectivity index (χ0n) is 10.1. The van der Waals surface area contributed by atoms with E-state index < -0.39 is 0 Å². The van der Waals surface area contributed by atoms with E-state index in [1.54, 1.807) is 0 Å². The van der Waals surface area contributed by atoms with E-state index in [0.29, 0.717) is 0 Å². The number of benzene rings is 2. The second kappa shape index (κ2) is 5.31. The highest BCUT2D eigenvalue weighted by atomic mass is 14.0. The average molecular weight is 220 g/mol. The lowest BCUT2D eigenvalue weighted by molar-refractivity contribution is 1.43. The molecule has 0 heterocycles. The first-order valence-electron chi connectivity index (χ1n) is 5.76. The third-order valence-corrected chi connectivity index (χ3v) is 2.78. The van der Waals surface area contributed by atoms with Crippen molar-refractivity contribution in [2.45, 2.75) is 6.92 Å². The molecule has 0 fully saturated rings. The van der Waals surface area contributed by atoms with Gasteiger partial charge in [0, 0.05) is 0 Å². The first-order valence-corrected chi connectivity index (χ1v) is 5.76. The van der Waals surface area contributed by atoms with Crippen LogP contribution in [-0.2, 0) is 0 Å². The molecule has 0 N–H and O–H groups in total. The fraction of sp³-hybridized carbons (Fsp3) is 0.0588. The first-order chi connectivity index (χ1) is 8.29. The number of hydrogen-bond acceptors (Lipinski definition) is 0. The molecule has 0 amide bonds. The molecule has 0 heteroatoms. The van der Waals surface area contributed by atoms with Gasteiger partial charge in [0.25, 0.3) is 0 Å². The van der Waals surface area contributed by atoms with E-state index in [4.69, 9.17) is 0 Å². The van der Waals surface area contributed by atoms with Crippen molar-refractivity contribution in [1.82, 2.24) is 0 Å². The van der Waals surface area contributed by atoms with Gasteiger partial charge in [0.05, 0.1) is 0 Å². The topological polar surface area (TPSA) is 0 Å². The van der Waals surface area contributed by atoms with Gasteiger partial charge in [0.1, 0.15) is 0 Å². The molecule has 0 aliphatic rings. The van der Waals surface area contributed by atoms with Gasteiger partial charge < -0.3 is 0 Å². The summed E-state index contributed by atoms with van der Waals surface area (Å²) in [5.41, 5.74) is 4.90. The van der Waals surface area contributed by atoms with E-state index in [1.165, 1.54) is 22.3 Å². The Balaban J connectivity index is 2.22. The van der Waals surface area contributed by atoms with E-state index in [1.807, 2.05) is 24.3 Å². The van der Waals surface area contributed by atoms with E-state index >= 15 is 0 Å². The van der Waals surface area contributed by atoms with Crippen molar-refractivity contribution in [3.05, 3.63) is 77.4 Å². The Morgan fingerprint density at radius 1 is 0.882 bits per heavy atom. The monoisotopic (exact) mass is 220 g/mol. The lowest BCUT2D eigenvalue weighted by atomic mass is 10.0. The Bertz CT molecular complexity index is 533. The Morgan fingerprint density at radius 2 is 1.59 bits per heavy atom. The third kappa shape index (κ3) is 2.94. The molecule has 0 nitrogen and oxygen atoms in total. The summed E-state index contributed by atoms with van der Waals surface area (Å²) in [5, 5.41) is 0. The highest BCUT2D eigenvalue weighted by Crippen LogP contribution is 2.14. The molecule has 0 bridgehead atoms. The number of hydrogen-bond donors (Lipinski definition) is 0. The van der Waals surface area contributed by atoms with Gasteiger partial charge in [-0.25, -0.2) is 0 Å². The maximum Gasteiger partial charge on any atom is -0.0233 e. The van der Waals surface area contributed by atoms with Crippen LogP contribution in [0.5, 0.6) is 0 Å². The molecule has 0 atom stereocenters. The van der Waals surface area contributed by atoms with Crippen molar-refractivity contribution in [1.29, 1.82) is 0 Å². The minimum absolute atomic E-state index is 1.20. The predicted molar refractivity (Wildman–Crippen MR) is 76.6 cm³/mol. The molecule has 0 saturated carbocycles. The molecule has 0 unspecified atom stereocenters. The van der Waals surface area contributed by atoms with Gasteiger partial charge >= 0.3 is 0 Å². The lowest BCUT2D eigenvalue weighted by Crippen LogP contribution is -1.81. The van der Waals surface area contributed by atoms with Gasteiger partial charge in [0.2, 0.25) is 0 Å². The predicted octanol–water partition coefficient (Wildman–Crippen LogP) is 4.81. The lowest BCUT2D eigenvalue weighted by Gasteiger charge is -2.01. The van der Waals surface area contributed by atoms with Crippen molar-refractivity contribution < 1.29 is 0 Å².